The van der Waals surface area contributed by atoms with Crippen molar-refractivity contribution in [2.24, 2.45) is 52.1 Å². The lowest BCUT2D eigenvalue weighted by molar-refractivity contribution is -0.0497. The predicted molar refractivity (Wildman–Crippen MR) is 146 cm³/mol. The third-order valence-electron chi connectivity index (χ3n) is 10.7. The first-order valence-corrected chi connectivity index (χ1v) is 16.4. The van der Waals surface area contributed by atoms with E-state index in [0.717, 1.165) is 53.1 Å². The fourth-order valence-electron chi connectivity index (χ4n) is 8.93. The SMILES string of the molecule is CC(C)CCC[C@@H](C)[C@H]1CCC2C3CC=C4CC(SSCCN)CC[C@]4(C)C3CC[C@@]21C. The monoisotopic (exact) mass is 477 g/mol. The van der Waals surface area contributed by atoms with E-state index in [0.29, 0.717) is 10.8 Å². The molecule has 8 atom stereocenters. The van der Waals surface area contributed by atoms with Gasteiger partial charge in [0.05, 0.1) is 0 Å². The highest BCUT2D eigenvalue weighted by atomic mass is 33.1. The van der Waals surface area contributed by atoms with E-state index in [1.54, 1.807) is 0 Å². The van der Waals surface area contributed by atoms with Crippen molar-refractivity contribution in [2.75, 3.05) is 12.3 Å². The molecule has 0 aromatic rings. The summed E-state index contributed by atoms with van der Waals surface area (Å²) in [4.78, 5) is 0. The molecule has 4 aliphatic rings. The van der Waals surface area contributed by atoms with Crippen molar-refractivity contribution < 1.29 is 0 Å². The first-order chi connectivity index (χ1) is 15.3. The highest BCUT2D eigenvalue weighted by Crippen LogP contribution is 2.67. The van der Waals surface area contributed by atoms with Gasteiger partial charge in [-0.15, -0.1) is 0 Å². The average Bonchev–Trinajstić information content (AvgIpc) is 3.11. The van der Waals surface area contributed by atoms with Crippen LogP contribution in [0.2, 0.25) is 0 Å². The summed E-state index contributed by atoms with van der Waals surface area (Å²) >= 11 is 0. The van der Waals surface area contributed by atoms with Crippen LogP contribution in [0.15, 0.2) is 11.6 Å². The van der Waals surface area contributed by atoms with Gasteiger partial charge in [0.15, 0.2) is 0 Å². The van der Waals surface area contributed by atoms with Crippen LogP contribution < -0.4 is 5.73 Å². The molecule has 0 heterocycles. The summed E-state index contributed by atoms with van der Waals surface area (Å²) in [6.45, 7) is 13.6. The molecular weight excluding hydrogens is 426 g/mol. The standard InChI is InChI=1S/C29H51NS2/c1-20(2)7-6-8-21(3)25-11-12-26-24-10-9-22-19-23(32-31-18-17-30)13-15-28(22,4)27(24)14-16-29(25,26)5/h9,20-21,23-27H,6-8,10-19,30H2,1-5H3/t21-,23?,24?,25-,26?,27?,28+,29-/m1/s1. The molecule has 0 aliphatic heterocycles. The van der Waals surface area contributed by atoms with Crippen molar-refractivity contribution in [2.45, 2.75) is 110 Å². The van der Waals surface area contributed by atoms with Crippen molar-refractivity contribution in [1.82, 2.24) is 0 Å². The fourth-order valence-corrected chi connectivity index (χ4v) is 11.4. The Balaban J connectivity index is 1.42. The van der Waals surface area contributed by atoms with Gasteiger partial charge in [-0.3, -0.25) is 0 Å². The first kappa shape index (κ1) is 25.5. The number of allylic oxidation sites excluding steroid dienone is 2. The third kappa shape index (κ3) is 4.88. The zero-order chi connectivity index (χ0) is 22.9. The molecular formula is C29H51NS2. The lowest BCUT2D eigenvalue weighted by Gasteiger charge is -2.58. The van der Waals surface area contributed by atoms with E-state index < -0.39 is 0 Å². The molecule has 0 saturated heterocycles. The van der Waals surface area contributed by atoms with Crippen LogP contribution >= 0.6 is 21.6 Å². The summed E-state index contributed by atoms with van der Waals surface area (Å²) in [5.41, 5.74) is 8.68. The quantitative estimate of drug-likeness (QED) is 0.204. The van der Waals surface area contributed by atoms with Gasteiger partial charge in [0.2, 0.25) is 0 Å². The second-order valence-corrected chi connectivity index (χ2v) is 15.6. The van der Waals surface area contributed by atoms with Crippen LogP contribution in [0.25, 0.3) is 0 Å². The summed E-state index contributed by atoms with van der Waals surface area (Å²) in [6, 6.07) is 0. The molecule has 4 aliphatic carbocycles. The Hall–Kier alpha value is 0.400. The zero-order valence-electron chi connectivity index (χ0n) is 21.7. The van der Waals surface area contributed by atoms with Gasteiger partial charge in [-0.1, -0.05) is 87.1 Å². The Bertz CT molecular complexity index is 660. The van der Waals surface area contributed by atoms with E-state index in [2.05, 4.69) is 51.5 Å². The maximum absolute atomic E-state index is 5.72. The van der Waals surface area contributed by atoms with Crippen molar-refractivity contribution >= 4 is 21.6 Å². The maximum Gasteiger partial charge on any atom is 0.0189 e. The minimum Gasteiger partial charge on any atom is -0.330 e. The van der Waals surface area contributed by atoms with Gasteiger partial charge in [0.25, 0.3) is 0 Å². The van der Waals surface area contributed by atoms with Crippen LogP contribution in [-0.2, 0) is 0 Å². The molecule has 1 nitrogen and oxygen atoms in total. The normalized spacial score (nSPS) is 42.2. The summed E-state index contributed by atoms with van der Waals surface area (Å²) < 4.78 is 0. The van der Waals surface area contributed by atoms with Gasteiger partial charge in [0.1, 0.15) is 0 Å². The Morgan fingerprint density at radius 3 is 2.59 bits per heavy atom. The van der Waals surface area contributed by atoms with E-state index in [1.807, 2.05) is 16.4 Å². The molecule has 184 valence electrons. The number of rotatable bonds is 9. The molecule has 0 spiro atoms. The van der Waals surface area contributed by atoms with Crippen LogP contribution in [0.1, 0.15) is 105 Å². The summed E-state index contributed by atoms with van der Waals surface area (Å²) in [5, 5.41) is 0.818. The van der Waals surface area contributed by atoms with Crippen LogP contribution in [0.3, 0.4) is 0 Å². The molecule has 32 heavy (non-hydrogen) atoms. The second-order valence-electron chi connectivity index (χ2n) is 12.9. The van der Waals surface area contributed by atoms with Gasteiger partial charge in [-0.25, -0.2) is 0 Å². The van der Waals surface area contributed by atoms with E-state index in [9.17, 15) is 0 Å². The van der Waals surface area contributed by atoms with Crippen LogP contribution in [-0.4, -0.2) is 17.5 Å². The lowest BCUT2D eigenvalue weighted by atomic mass is 9.47. The summed E-state index contributed by atoms with van der Waals surface area (Å²) in [6.07, 6.45) is 18.7. The van der Waals surface area contributed by atoms with Gasteiger partial charge in [-0.05, 0) is 97.7 Å². The minimum absolute atomic E-state index is 0.501. The Morgan fingerprint density at radius 2 is 1.84 bits per heavy atom. The topological polar surface area (TPSA) is 26.0 Å². The zero-order valence-corrected chi connectivity index (χ0v) is 23.3. The Labute approximate surface area is 207 Å². The van der Waals surface area contributed by atoms with Crippen LogP contribution in [0.4, 0.5) is 0 Å². The lowest BCUT2D eigenvalue weighted by Crippen LogP contribution is -2.50. The first-order valence-electron chi connectivity index (χ1n) is 14.0. The van der Waals surface area contributed by atoms with Gasteiger partial charge < -0.3 is 5.73 Å². The minimum atomic E-state index is 0.501. The molecule has 4 unspecified atom stereocenters. The number of hydrogen-bond acceptors (Lipinski definition) is 3. The third-order valence-corrected chi connectivity index (χ3v) is 13.6. The maximum atomic E-state index is 5.72. The molecule has 0 bridgehead atoms. The Morgan fingerprint density at radius 1 is 1.03 bits per heavy atom. The van der Waals surface area contributed by atoms with Gasteiger partial charge in [0, 0.05) is 17.5 Å². The molecule has 0 aromatic heterocycles. The summed E-state index contributed by atoms with van der Waals surface area (Å²) in [5.74, 6) is 6.76. The largest absolute Gasteiger partial charge is 0.330 e. The van der Waals surface area contributed by atoms with Crippen molar-refractivity contribution in [3.8, 4) is 0 Å². The molecule has 0 amide bonds. The van der Waals surface area contributed by atoms with E-state index in [1.165, 1.54) is 70.6 Å². The summed E-state index contributed by atoms with van der Waals surface area (Å²) in [7, 11) is 4.14. The van der Waals surface area contributed by atoms with Gasteiger partial charge in [-0.2, -0.15) is 0 Å². The molecule has 4 rings (SSSR count). The predicted octanol–water partition coefficient (Wildman–Crippen LogP) is 8.74. The number of fused-ring (bicyclic) bond motifs is 5. The molecule has 3 heteroatoms. The van der Waals surface area contributed by atoms with Crippen molar-refractivity contribution in [1.29, 1.82) is 0 Å². The van der Waals surface area contributed by atoms with Crippen LogP contribution in [0.5, 0.6) is 0 Å². The second kappa shape index (κ2) is 10.6. The van der Waals surface area contributed by atoms with E-state index in [4.69, 9.17) is 5.73 Å². The smallest absolute Gasteiger partial charge is 0.0189 e. The number of nitrogens with two attached hydrogens (primary N) is 1. The van der Waals surface area contributed by atoms with E-state index in [-0.39, 0.29) is 0 Å². The molecule has 0 aromatic carbocycles. The van der Waals surface area contributed by atoms with Gasteiger partial charge >= 0.3 is 0 Å². The highest BCUT2D eigenvalue weighted by Gasteiger charge is 2.59. The number of hydrogen-bond donors (Lipinski definition) is 1. The highest BCUT2D eigenvalue weighted by molar-refractivity contribution is 8.76. The molecule has 2 N–H and O–H groups in total. The van der Waals surface area contributed by atoms with Crippen LogP contribution in [0, 0.1) is 46.3 Å². The molecule has 3 saturated carbocycles. The van der Waals surface area contributed by atoms with Crippen molar-refractivity contribution in [3.05, 3.63) is 11.6 Å². The van der Waals surface area contributed by atoms with Crippen molar-refractivity contribution in [3.63, 3.8) is 0 Å². The van der Waals surface area contributed by atoms with E-state index >= 15 is 0 Å². The molecule has 3 fully saturated rings. The molecule has 0 radical (unpaired) electrons. The average molecular weight is 478 g/mol. The fraction of sp³-hybridized carbons (Fsp3) is 0.931. The Kier molecular flexibility index (Phi) is 8.42.